The first-order valence-electron chi connectivity index (χ1n) is 7.36. The summed E-state index contributed by atoms with van der Waals surface area (Å²) in [6, 6.07) is 23.7. The van der Waals surface area contributed by atoms with E-state index < -0.39 is 0 Å². The molecule has 0 unspecified atom stereocenters. The van der Waals surface area contributed by atoms with Gasteiger partial charge in [0, 0.05) is 16.3 Å². The zero-order chi connectivity index (χ0) is 14.2. The molecule has 0 aliphatic carbocycles. The van der Waals surface area contributed by atoms with E-state index in [4.69, 9.17) is 0 Å². The van der Waals surface area contributed by atoms with Crippen LogP contribution in [0.4, 0.5) is 0 Å². The van der Waals surface area contributed by atoms with E-state index in [2.05, 4.69) is 78.6 Å². The lowest BCUT2D eigenvalue weighted by Crippen LogP contribution is -1.93. The third-order valence-electron chi connectivity index (χ3n) is 4.25. The van der Waals surface area contributed by atoms with Crippen LogP contribution >= 0.6 is 0 Å². The van der Waals surface area contributed by atoms with Gasteiger partial charge in [-0.05, 0) is 36.1 Å². The largest absolute Gasteiger partial charge is 0.354 e. The number of fused-ring (bicyclic) bond motifs is 3. The fourth-order valence-electron chi connectivity index (χ4n) is 3.11. The van der Waals surface area contributed by atoms with Gasteiger partial charge in [-0.25, -0.2) is 0 Å². The molecule has 4 rings (SSSR count). The Morgan fingerprint density at radius 2 is 1.52 bits per heavy atom. The third kappa shape index (κ3) is 2.02. The first kappa shape index (κ1) is 12.2. The SMILES string of the molecule is Cc1ccc2c([nH]c3ccccc32)c1Cc1ccccc1. The number of benzene rings is 3. The minimum absolute atomic E-state index is 0.969. The molecule has 1 aromatic heterocycles. The summed E-state index contributed by atoms with van der Waals surface area (Å²) >= 11 is 0. The summed E-state index contributed by atoms with van der Waals surface area (Å²) in [5.74, 6) is 0. The van der Waals surface area contributed by atoms with Gasteiger partial charge in [-0.15, -0.1) is 0 Å². The van der Waals surface area contributed by atoms with E-state index in [1.165, 1.54) is 38.5 Å². The number of aryl methyl sites for hydroxylation is 1. The standard InChI is InChI=1S/C20H17N/c1-14-11-12-17-16-9-5-6-10-19(16)21-20(17)18(14)13-15-7-3-2-4-8-15/h2-12,21H,13H2,1H3. The van der Waals surface area contributed by atoms with Crippen molar-refractivity contribution in [2.75, 3.05) is 0 Å². The quantitative estimate of drug-likeness (QED) is 0.514. The number of para-hydroxylation sites is 1. The van der Waals surface area contributed by atoms with Crippen LogP contribution in [0.2, 0.25) is 0 Å². The molecule has 0 fully saturated rings. The highest BCUT2D eigenvalue weighted by Gasteiger charge is 2.10. The highest BCUT2D eigenvalue weighted by atomic mass is 14.7. The Morgan fingerprint density at radius 1 is 0.762 bits per heavy atom. The van der Waals surface area contributed by atoms with Crippen molar-refractivity contribution in [2.24, 2.45) is 0 Å². The van der Waals surface area contributed by atoms with Crippen LogP contribution in [0.25, 0.3) is 21.8 Å². The molecule has 0 saturated carbocycles. The Labute approximate surface area is 124 Å². The average molecular weight is 271 g/mol. The fourth-order valence-corrected chi connectivity index (χ4v) is 3.11. The second-order valence-corrected chi connectivity index (χ2v) is 5.62. The minimum Gasteiger partial charge on any atom is -0.354 e. The number of H-pyrrole nitrogens is 1. The molecule has 102 valence electrons. The van der Waals surface area contributed by atoms with Crippen molar-refractivity contribution in [3.8, 4) is 0 Å². The minimum atomic E-state index is 0.969. The number of aromatic nitrogens is 1. The maximum atomic E-state index is 3.61. The molecule has 0 amide bonds. The maximum Gasteiger partial charge on any atom is 0.0503 e. The smallest absolute Gasteiger partial charge is 0.0503 e. The molecule has 1 heterocycles. The van der Waals surface area contributed by atoms with Gasteiger partial charge in [0.1, 0.15) is 0 Å². The lowest BCUT2D eigenvalue weighted by molar-refractivity contribution is 1.17. The predicted molar refractivity (Wildman–Crippen MR) is 89.8 cm³/mol. The maximum absolute atomic E-state index is 3.61. The van der Waals surface area contributed by atoms with Gasteiger partial charge < -0.3 is 4.98 Å². The number of rotatable bonds is 2. The van der Waals surface area contributed by atoms with Crippen molar-refractivity contribution in [1.29, 1.82) is 0 Å². The van der Waals surface area contributed by atoms with Gasteiger partial charge in [0.25, 0.3) is 0 Å². The molecule has 0 saturated heterocycles. The summed E-state index contributed by atoms with van der Waals surface area (Å²) in [6.07, 6.45) is 0.969. The summed E-state index contributed by atoms with van der Waals surface area (Å²) in [6.45, 7) is 2.20. The van der Waals surface area contributed by atoms with Crippen LogP contribution in [0.15, 0.2) is 66.7 Å². The van der Waals surface area contributed by atoms with E-state index in [1.54, 1.807) is 0 Å². The molecule has 1 nitrogen and oxygen atoms in total. The molecule has 0 aliphatic rings. The molecular weight excluding hydrogens is 254 g/mol. The Balaban J connectivity index is 1.97. The summed E-state index contributed by atoms with van der Waals surface area (Å²) in [7, 11) is 0. The van der Waals surface area contributed by atoms with Gasteiger partial charge in [-0.3, -0.25) is 0 Å². The third-order valence-corrected chi connectivity index (χ3v) is 4.25. The van der Waals surface area contributed by atoms with Crippen LogP contribution in [0.1, 0.15) is 16.7 Å². The topological polar surface area (TPSA) is 15.8 Å². The molecule has 0 spiro atoms. The zero-order valence-electron chi connectivity index (χ0n) is 12.1. The molecule has 3 aromatic carbocycles. The van der Waals surface area contributed by atoms with Gasteiger partial charge in [0.05, 0.1) is 5.52 Å². The number of nitrogens with one attached hydrogen (secondary N) is 1. The highest BCUT2D eigenvalue weighted by Crippen LogP contribution is 2.30. The van der Waals surface area contributed by atoms with Crippen LogP contribution in [0.3, 0.4) is 0 Å². The summed E-state index contributed by atoms with van der Waals surface area (Å²) in [5.41, 5.74) is 6.59. The molecule has 4 aromatic rings. The number of hydrogen-bond donors (Lipinski definition) is 1. The van der Waals surface area contributed by atoms with Crippen molar-refractivity contribution < 1.29 is 0 Å². The second-order valence-electron chi connectivity index (χ2n) is 5.62. The van der Waals surface area contributed by atoms with Gasteiger partial charge in [-0.1, -0.05) is 60.7 Å². The van der Waals surface area contributed by atoms with Crippen LogP contribution in [-0.4, -0.2) is 4.98 Å². The predicted octanol–water partition coefficient (Wildman–Crippen LogP) is 5.22. The van der Waals surface area contributed by atoms with Crippen molar-refractivity contribution >= 4 is 21.8 Å². The molecular formula is C20H17N. The van der Waals surface area contributed by atoms with Crippen LogP contribution in [0, 0.1) is 6.92 Å². The fraction of sp³-hybridized carbons (Fsp3) is 0.100. The van der Waals surface area contributed by atoms with Crippen LogP contribution < -0.4 is 0 Å². The zero-order valence-corrected chi connectivity index (χ0v) is 12.1. The summed E-state index contributed by atoms with van der Waals surface area (Å²) < 4.78 is 0. The highest BCUT2D eigenvalue weighted by molar-refractivity contribution is 6.08. The molecule has 1 N–H and O–H groups in total. The Bertz CT molecular complexity index is 917. The van der Waals surface area contributed by atoms with Gasteiger partial charge >= 0.3 is 0 Å². The Hall–Kier alpha value is -2.54. The molecule has 0 aliphatic heterocycles. The van der Waals surface area contributed by atoms with Gasteiger partial charge in [0.2, 0.25) is 0 Å². The second kappa shape index (κ2) is 4.78. The van der Waals surface area contributed by atoms with E-state index in [0.29, 0.717) is 0 Å². The van der Waals surface area contributed by atoms with Crippen molar-refractivity contribution in [3.05, 3.63) is 83.4 Å². The molecule has 21 heavy (non-hydrogen) atoms. The molecule has 0 atom stereocenters. The summed E-state index contributed by atoms with van der Waals surface area (Å²) in [4.78, 5) is 3.61. The normalized spacial score (nSPS) is 11.3. The number of aromatic amines is 1. The van der Waals surface area contributed by atoms with E-state index in [0.717, 1.165) is 6.42 Å². The van der Waals surface area contributed by atoms with E-state index >= 15 is 0 Å². The van der Waals surface area contributed by atoms with Crippen molar-refractivity contribution in [3.63, 3.8) is 0 Å². The first-order valence-corrected chi connectivity index (χ1v) is 7.36. The van der Waals surface area contributed by atoms with Gasteiger partial charge in [-0.2, -0.15) is 0 Å². The molecule has 0 radical (unpaired) electrons. The first-order chi connectivity index (χ1) is 10.3. The number of hydrogen-bond acceptors (Lipinski definition) is 0. The van der Waals surface area contributed by atoms with E-state index in [1.807, 2.05) is 0 Å². The monoisotopic (exact) mass is 271 g/mol. The van der Waals surface area contributed by atoms with Crippen LogP contribution in [-0.2, 0) is 6.42 Å². The van der Waals surface area contributed by atoms with Crippen molar-refractivity contribution in [1.82, 2.24) is 4.98 Å². The van der Waals surface area contributed by atoms with Crippen molar-refractivity contribution in [2.45, 2.75) is 13.3 Å². The lowest BCUT2D eigenvalue weighted by Gasteiger charge is -2.08. The van der Waals surface area contributed by atoms with Gasteiger partial charge in [0.15, 0.2) is 0 Å². The summed E-state index contributed by atoms with van der Waals surface area (Å²) in [5, 5.41) is 2.63. The average Bonchev–Trinajstić information content (AvgIpc) is 2.90. The molecule has 1 heteroatoms. The van der Waals surface area contributed by atoms with E-state index in [-0.39, 0.29) is 0 Å². The van der Waals surface area contributed by atoms with E-state index in [9.17, 15) is 0 Å². The Kier molecular flexibility index (Phi) is 2.78. The van der Waals surface area contributed by atoms with Crippen LogP contribution in [0.5, 0.6) is 0 Å². The Morgan fingerprint density at radius 3 is 2.38 bits per heavy atom. The lowest BCUT2D eigenvalue weighted by atomic mass is 9.97. The molecule has 0 bridgehead atoms.